The number of amides is 1. The Morgan fingerprint density at radius 2 is 2.00 bits per heavy atom. The molecule has 5 nitrogen and oxygen atoms in total. The summed E-state index contributed by atoms with van der Waals surface area (Å²) in [5.74, 6) is 0.619. The molecule has 2 atom stereocenters. The molecule has 3 aromatic rings. The first kappa shape index (κ1) is 17.5. The van der Waals surface area contributed by atoms with Gasteiger partial charge in [-0.2, -0.15) is 5.10 Å². The molecule has 0 radical (unpaired) electrons. The third-order valence-corrected chi connectivity index (χ3v) is 5.20. The van der Waals surface area contributed by atoms with E-state index in [1.165, 1.54) is 5.56 Å². The zero-order chi connectivity index (χ0) is 18.8. The molecule has 0 N–H and O–H groups in total. The fraction of sp³-hybridized carbons (Fsp3) is 0.318. The number of hydrogen-bond acceptors (Lipinski definition) is 3. The average Bonchev–Trinajstić information content (AvgIpc) is 3.42. The quantitative estimate of drug-likeness (QED) is 0.676. The highest BCUT2D eigenvalue weighted by atomic mass is 16.2. The Bertz CT molecular complexity index is 920. The summed E-state index contributed by atoms with van der Waals surface area (Å²) in [7, 11) is 1.93. The second-order valence-corrected chi connectivity index (χ2v) is 7.32. The van der Waals surface area contributed by atoms with Crippen LogP contribution in [0.5, 0.6) is 0 Å². The molecule has 1 aromatic carbocycles. The van der Waals surface area contributed by atoms with Crippen LogP contribution < -0.4 is 0 Å². The van der Waals surface area contributed by atoms with Crippen molar-refractivity contribution in [1.82, 2.24) is 19.7 Å². The lowest BCUT2D eigenvalue weighted by atomic mass is 10.1. The van der Waals surface area contributed by atoms with Crippen molar-refractivity contribution in [3.63, 3.8) is 0 Å². The van der Waals surface area contributed by atoms with Gasteiger partial charge in [-0.05, 0) is 42.5 Å². The van der Waals surface area contributed by atoms with E-state index in [0.29, 0.717) is 19.0 Å². The second-order valence-electron chi connectivity index (χ2n) is 7.32. The lowest BCUT2D eigenvalue weighted by Crippen LogP contribution is -2.32. The van der Waals surface area contributed by atoms with Gasteiger partial charge in [-0.15, -0.1) is 0 Å². The monoisotopic (exact) mass is 360 g/mol. The van der Waals surface area contributed by atoms with Crippen molar-refractivity contribution in [3.05, 3.63) is 83.4 Å². The Hall–Kier alpha value is -2.95. The summed E-state index contributed by atoms with van der Waals surface area (Å²) in [6, 6.07) is 16.3. The van der Waals surface area contributed by atoms with Gasteiger partial charge in [0, 0.05) is 31.9 Å². The third kappa shape index (κ3) is 3.92. The van der Waals surface area contributed by atoms with E-state index in [9.17, 15) is 4.79 Å². The van der Waals surface area contributed by atoms with Crippen molar-refractivity contribution in [2.75, 3.05) is 0 Å². The number of benzene rings is 1. The molecular weight excluding hydrogens is 336 g/mol. The normalized spacial score (nSPS) is 18.3. The summed E-state index contributed by atoms with van der Waals surface area (Å²) in [5.41, 5.74) is 4.31. The van der Waals surface area contributed by atoms with Crippen molar-refractivity contribution in [1.29, 1.82) is 0 Å². The predicted molar refractivity (Wildman–Crippen MR) is 104 cm³/mol. The molecular formula is C22H24N4O. The molecule has 2 heterocycles. The van der Waals surface area contributed by atoms with E-state index in [1.807, 2.05) is 66.1 Å². The molecule has 0 saturated heterocycles. The van der Waals surface area contributed by atoms with Crippen molar-refractivity contribution in [3.8, 4) is 0 Å². The van der Waals surface area contributed by atoms with Crippen LogP contribution in [0.4, 0.5) is 0 Å². The van der Waals surface area contributed by atoms with Gasteiger partial charge in [-0.3, -0.25) is 14.5 Å². The zero-order valence-electron chi connectivity index (χ0n) is 15.7. The molecule has 2 aromatic heterocycles. The minimum absolute atomic E-state index is 0.0680. The number of carbonyl (C=O) groups excluding carboxylic acids is 1. The number of aryl methyl sites for hydroxylation is 2. The van der Waals surface area contributed by atoms with E-state index in [0.717, 1.165) is 23.4 Å². The molecule has 1 saturated carbocycles. The van der Waals surface area contributed by atoms with Crippen LogP contribution in [-0.4, -0.2) is 25.6 Å². The average molecular weight is 360 g/mol. The van der Waals surface area contributed by atoms with Gasteiger partial charge in [0.1, 0.15) is 0 Å². The van der Waals surface area contributed by atoms with Crippen LogP contribution in [0.3, 0.4) is 0 Å². The van der Waals surface area contributed by atoms with Gasteiger partial charge in [-0.25, -0.2) is 0 Å². The minimum Gasteiger partial charge on any atom is -0.332 e. The van der Waals surface area contributed by atoms with Gasteiger partial charge in [-0.1, -0.05) is 36.4 Å². The van der Waals surface area contributed by atoms with Crippen LogP contribution in [0.15, 0.2) is 60.9 Å². The number of carbonyl (C=O) groups is 1. The fourth-order valence-electron chi connectivity index (χ4n) is 3.70. The smallest absolute Gasteiger partial charge is 0.226 e. The molecule has 0 aliphatic heterocycles. The Kier molecular flexibility index (Phi) is 4.75. The molecule has 0 bridgehead atoms. The summed E-state index contributed by atoms with van der Waals surface area (Å²) in [6.07, 6.45) is 4.51. The molecule has 1 aliphatic rings. The van der Waals surface area contributed by atoms with Crippen molar-refractivity contribution >= 4 is 5.91 Å². The molecule has 1 amide bonds. The number of rotatable bonds is 6. The Labute approximate surface area is 159 Å². The molecule has 1 aliphatic carbocycles. The first-order chi connectivity index (χ1) is 13.1. The van der Waals surface area contributed by atoms with Crippen molar-refractivity contribution < 1.29 is 4.79 Å². The van der Waals surface area contributed by atoms with Crippen molar-refractivity contribution in [2.24, 2.45) is 13.0 Å². The molecule has 0 unspecified atom stereocenters. The van der Waals surface area contributed by atoms with Gasteiger partial charge >= 0.3 is 0 Å². The zero-order valence-corrected chi connectivity index (χ0v) is 15.7. The summed E-state index contributed by atoms with van der Waals surface area (Å²) in [4.78, 5) is 19.4. The first-order valence-corrected chi connectivity index (χ1v) is 9.34. The van der Waals surface area contributed by atoms with E-state index in [2.05, 4.69) is 22.2 Å². The van der Waals surface area contributed by atoms with Crippen molar-refractivity contribution in [2.45, 2.75) is 32.4 Å². The molecule has 4 rings (SSSR count). The highest BCUT2D eigenvalue weighted by Crippen LogP contribution is 2.48. The van der Waals surface area contributed by atoms with Gasteiger partial charge in [0.15, 0.2) is 0 Å². The third-order valence-electron chi connectivity index (χ3n) is 5.20. The number of nitrogens with zero attached hydrogens (tertiary/aromatic N) is 4. The number of pyridine rings is 1. The van der Waals surface area contributed by atoms with Crippen LogP contribution in [0.2, 0.25) is 0 Å². The SMILES string of the molecule is Cc1cc(CN(Cc2cccnc2)C(=O)[C@@H]2C[C@H]2c2ccccc2)n(C)n1. The van der Waals surface area contributed by atoms with Gasteiger partial charge in [0.25, 0.3) is 0 Å². The Balaban J connectivity index is 1.54. The number of aromatic nitrogens is 3. The van der Waals surface area contributed by atoms with Crippen LogP contribution in [0.1, 0.15) is 34.9 Å². The summed E-state index contributed by atoms with van der Waals surface area (Å²) in [5, 5.41) is 4.42. The summed E-state index contributed by atoms with van der Waals surface area (Å²) < 4.78 is 1.86. The van der Waals surface area contributed by atoms with E-state index in [4.69, 9.17) is 0 Å². The van der Waals surface area contributed by atoms with E-state index in [1.54, 1.807) is 6.20 Å². The molecule has 0 spiro atoms. The molecule has 1 fully saturated rings. The van der Waals surface area contributed by atoms with E-state index < -0.39 is 0 Å². The minimum atomic E-state index is 0.0680. The maximum atomic E-state index is 13.3. The first-order valence-electron chi connectivity index (χ1n) is 9.34. The van der Waals surface area contributed by atoms with Gasteiger partial charge < -0.3 is 4.90 Å². The largest absolute Gasteiger partial charge is 0.332 e. The predicted octanol–water partition coefficient (Wildman–Crippen LogP) is 3.46. The lowest BCUT2D eigenvalue weighted by Gasteiger charge is -2.23. The summed E-state index contributed by atoms with van der Waals surface area (Å²) in [6.45, 7) is 3.10. The van der Waals surface area contributed by atoms with Crippen LogP contribution >= 0.6 is 0 Å². The highest BCUT2D eigenvalue weighted by molar-refractivity contribution is 5.83. The lowest BCUT2D eigenvalue weighted by molar-refractivity contribution is -0.134. The molecule has 27 heavy (non-hydrogen) atoms. The Morgan fingerprint density at radius 3 is 2.67 bits per heavy atom. The maximum absolute atomic E-state index is 13.3. The van der Waals surface area contributed by atoms with Gasteiger partial charge in [0.05, 0.1) is 17.9 Å². The van der Waals surface area contributed by atoms with Crippen LogP contribution in [0.25, 0.3) is 0 Å². The van der Waals surface area contributed by atoms with Gasteiger partial charge in [0.2, 0.25) is 5.91 Å². The number of hydrogen-bond donors (Lipinski definition) is 0. The second kappa shape index (κ2) is 7.35. The highest BCUT2D eigenvalue weighted by Gasteiger charge is 2.45. The van der Waals surface area contributed by atoms with Crippen LogP contribution in [-0.2, 0) is 24.9 Å². The Morgan fingerprint density at radius 1 is 1.19 bits per heavy atom. The summed E-state index contributed by atoms with van der Waals surface area (Å²) >= 11 is 0. The standard InChI is InChI=1S/C22H24N4O/c1-16-11-19(25(2)24-16)15-26(14-17-7-6-10-23-13-17)22(27)21-12-20(21)18-8-4-3-5-9-18/h3-11,13,20-21H,12,14-15H2,1-2H3/t20-,21+/m0/s1. The van der Waals surface area contributed by atoms with Crippen LogP contribution in [0, 0.1) is 12.8 Å². The molecule has 138 valence electrons. The fourth-order valence-corrected chi connectivity index (χ4v) is 3.70. The van der Waals surface area contributed by atoms with E-state index >= 15 is 0 Å². The topological polar surface area (TPSA) is 51.0 Å². The molecule has 5 heteroatoms. The maximum Gasteiger partial charge on any atom is 0.226 e. The van der Waals surface area contributed by atoms with E-state index in [-0.39, 0.29) is 11.8 Å².